The molecule has 0 radical (unpaired) electrons. The Balaban J connectivity index is 1.99. The van der Waals surface area contributed by atoms with Crippen LogP contribution in [0.1, 0.15) is 43.4 Å². The lowest BCUT2D eigenvalue weighted by molar-refractivity contribution is 0.602. The normalized spacial score (nSPS) is 21.4. The summed E-state index contributed by atoms with van der Waals surface area (Å²) < 4.78 is 13.6. The highest BCUT2D eigenvalue weighted by Crippen LogP contribution is 2.38. The zero-order valence-electron chi connectivity index (χ0n) is 13.4. The van der Waals surface area contributed by atoms with Crippen molar-refractivity contribution in [2.75, 3.05) is 11.4 Å². The maximum atomic E-state index is 13.6. The second-order valence-corrected chi connectivity index (χ2v) is 6.18. The molecule has 0 amide bonds. The molecule has 0 N–H and O–H groups in total. The van der Waals surface area contributed by atoms with Gasteiger partial charge in [-0.2, -0.15) is 0 Å². The summed E-state index contributed by atoms with van der Waals surface area (Å²) in [6, 6.07) is 9.19. The number of hydrogen-bond donors (Lipinski definition) is 0. The van der Waals surface area contributed by atoms with Gasteiger partial charge in [-0.25, -0.2) is 14.4 Å². The predicted octanol–water partition coefficient (Wildman–Crippen LogP) is 4.07. The third-order valence-electron chi connectivity index (χ3n) is 4.28. The molecule has 2 unspecified atom stereocenters. The Kier molecular flexibility index (Phi) is 4.10. The molecule has 1 aliphatic rings. The second-order valence-electron chi connectivity index (χ2n) is 6.18. The topological polar surface area (TPSA) is 29.0 Å². The van der Waals surface area contributed by atoms with E-state index in [9.17, 15) is 4.39 Å². The van der Waals surface area contributed by atoms with E-state index in [1.54, 1.807) is 12.1 Å². The molecule has 0 aliphatic carbocycles. The first-order valence-electron chi connectivity index (χ1n) is 7.93. The van der Waals surface area contributed by atoms with Crippen molar-refractivity contribution in [3.8, 4) is 0 Å². The largest absolute Gasteiger partial charge is 0.349 e. The van der Waals surface area contributed by atoms with Crippen LogP contribution in [-0.2, 0) is 6.42 Å². The molecule has 116 valence electrons. The summed E-state index contributed by atoms with van der Waals surface area (Å²) in [5.41, 5.74) is 2.08. The van der Waals surface area contributed by atoms with Gasteiger partial charge in [0.15, 0.2) is 0 Å². The summed E-state index contributed by atoms with van der Waals surface area (Å²) in [6.07, 6.45) is 1.92. The minimum atomic E-state index is -0.176. The van der Waals surface area contributed by atoms with Crippen LogP contribution in [0, 0.1) is 18.7 Å². The van der Waals surface area contributed by atoms with Crippen LogP contribution in [0.25, 0.3) is 0 Å². The summed E-state index contributed by atoms with van der Waals surface area (Å²) in [4.78, 5) is 11.4. The van der Waals surface area contributed by atoms with Crippen molar-refractivity contribution < 1.29 is 4.39 Å². The number of halogens is 1. The minimum absolute atomic E-state index is 0.176. The average Bonchev–Trinajstić information content (AvgIpc) is 2.88. The van der Waals surface area contributed by atoms with Crippen molar-refractivity contribution in [3.63, 3.8) is 0 Å². The molecule has 3 nitrogen and oxygen atoms in total. The van der Waals surface area contributed by atoms with Crippen molar-refractivity contribution in [2.24, 2.45) is 5.92 Å². The number of aryl methyl sites for hydroxylation is 2. The van der Waals surface area contributed by atoms with Gasteiger partial charge in [0.1, 0.15) is 17.5 Å². The molecular weight excluding hydrogens is 277 g/mol. The standard InChI is InChI=1S/C18H22FN3/c1-4-16-10-18(21-13(3)20-16)22-11-12(2)8-17(22)14-6-5-7-15(19)9-14/h5-7,9-10,12,17H,4,8,11H2,1-3H3. The lowest BCUT2D eigenvalue weighted by atomic mass is 10.0. The van der Waals surface area contributed by atoms with Crippen LogP contribution in [0.5, 0.6) is 0 Å². The van der Waals surface area contributed by atoms with E-state index in [1.807, 2.05) is 13.0 Å². The van der Waals surface area contributed by atoms with E-state index in [-0.39, 0.29) is 11.9 Å². The molecule has 1 aliphatic heterocycles. The first kappa shape index (κ1) is 14.9. The summed E-state index contributed by atoms with van der Waals surface area (Å²) in [6.45, 7) is 7.21. The van der Waals surface area contributed by atoms with Crippen LogP contribution in [0.2, 0.25) is 0 Å². The van der Waals surface area contributed by atoms with Crippen molar-refractivity contribution in [1.29, 1.82) is 0 Å². The summed E-state index contributed by atoms with van der Waals surface area (Å²) in [7, 11) is 0. The van der Waals surface area contributed by atoms with E-state index in [0.29, 0.717) is 5.92 Å². The summed E-state index contributed by atoms with van der Waals surface area (Å²) in [5, 5.41) is 0. The molecule has 0 saturated carbocycles. The van der Waals surface area contributed by atoms with Gasteiger partial charge in [0.05, 0.1) is 6.04 Å². The molecule has 22 heavy (non-hydrogen) atoms. The Morgan fingerprint density at radius 3 is 2.82 bits per heavy atom. The fourth-order valence-electron chi connectivity index (χ4n) is 3.27. The maximum Gasteiger partial charge on any atom is 0.133 e. The Labute approximate surface area is 131 Å². The highest BCUT2D eigenvalue weighted by molar-refractivity contribution is 5.45. The second kappa shape index (κ2) is 6.03. The number of hydrogen-bond acceptors (Lipinski definition) is 3. The Hall–Kier alpha value is -1.97. The fourth-order valence-corrected chi connectivity index (χ4v) is 3.27. The zero-order valence-corrected chi connectivity index (χ0v) is 13.4. The minimum Gasteiger partial charge on any atom is -0.349 e. The van der Waals surface area contributed by atoms with Gasteiger partial charge >= 0.3 is 0 Å². The first-order chi connectivity index (χ1) is 10.6. The van der Waals surface area contributed by atoms with Crippen LogP contribution < -0.4 is 4.90 Å². The predicted molar refractivity (Wildman–Crippen MR) is 86.4 cm³/mol. The van der Waals surface area contributed by atoms with E-state index in [4.69, 9.17) is 0 Å². The van der Waals surface area contributed by atoms with Gasteiger partial charge in [0.25, 0.3) is 0 Å². The molecule has 0 bridgehead atoms. The van der Waals surface area contributed by atoms with E-state index in [2.05, 4.69) is 34.8 Å². The van der Waals surface area contributed by atoms with Crippen LogP contribution in [0.15, 0.2) is 30.3 Å². The summed E-state index contributed by atoms with van der Waals surface area (Å²) in [5.74, 6) is 2.15. The van der Waals surface area contributed by atoms with Crippen LogP contribution >= 0.6 is 0 Å². The van der Waals surface area contributed by atoms with Crippen molar-refractivity contribution >= 4 is 5.82 Å². The van der Waals surface area contributed by atoms with Crippen molar-refractivity contribution in [3.05, 3.63) is 53.2 Å². The lowest BCUT2D eigenvalue weighted by Gasteiger charge is -2.26. The van der Waals surface area contributed by atoms with Gasteiger partial charge < -0.3 is 4.90 Å². The Morgan fingerprint density at radius 2 is 2.09 bits per heavy atom. The lowest BCUT2D eigenvalue weighted by Crippen LogP contribution is -2.25. The van der Waals surface area contributed by atoms with Gasteiger partial charge in [-0.1, -0.05) is 26.0 Å². The SMILES string of the molecule is CCc1cc(N2CC(C)CC2c2cccc(F)c2)nc(C)n1. The number of anilines is 1. The molecule has 1 fully saturated rings. The van der Waals surface area contributed by atoms with Crippen molar-refractivity contribution in [2.45, 2.75) is 39.7 Å². The van der Waals surface area contributed by atoms with Crippen LogP contribution in [0.4, 0.5) is 10.2 Å². The van der Waals surface area contributed by atoms with Gasteiger partial charge in [-0.15, -0.1) is 0 Å². The molecule has 3 rings (SSSR count). The third kappa shape index (κ3) is 2.96. The average molecular weight is 299 g/mol. The molecule has 4 heteroatoms. The molecule has 1 aromatic heterocycles. The molecule has 2 atom stereocenters. The Morgan fingerprint density at radius 1 is 1.27 bits per heavy atom. The third-order valence-corrected chi connectivity index (χ3v) is 4.28. The Bertz CT molecular complexity index is 671. The molecule has 0 spiro atoms. The van der Waals surface area contributed by atoms with E-state index in [0.717, 1.165) is 42.3 Å². The number of nitrogens with zero attached hydrogens (tertiary/aromatic N) is 3. The quantitative estimate of drug-likeness (QED) is 0.855. The highest BCUT2D eigenvalue weighted by Gasteiger charge is 2.32. The monoisotopic (exact) mass is 299 g/mol. The van der Waals surface area contributed by atoms with Crippen LogP contribution in [-0.4, -0.2) is 16.5 Å². The van der Waals surface area contributed by atoms with Gasteiger partial charge in [0, 0.05) is 18.3 Å². The van der Waals surface area contributed by atoms with Gasteiger partial charge in [-0.05, 0) is 43.4 Å². The van der Waals surface area contributed by atoms with Gasteiger partial charge in [0.2, 0.25) is 0 Å². The zero-order chi connectivity index (χ0) is 15.7. The number of aromatic nitrogens is 2. The number of rotatable bonds is 3. The molecule has 2 aromatic rings. The smallest absolute Gasteiger partial charge is 0.133 e. The number of benzene rings is 1. The fraction of sp³-hybridized carbons (Fsp3) is 0.444. The van der Waals surface area contributed by atoms with Crippen LogP contribution in [0.3, 0.4) is 0 Å². The molecule has 2 heterocycles. The molecule has 1 saturated heterocycles. The molecule has 1 aromatic carbocycles. The van der Waals surface area contributed by atoms with Gasteiger partial charge in [-0.3, -0.25) is 0 Å². The van der Waals surface area contributed by atoms with Crippen molar-refractivity contribution in [1.82, 2.24) is 9.97 Å². The molecular formula is C18H22FN3. The van der Waals surface area contributed by atoms with E-state index in [1.165, 1.54) is 6.07 Å². The van der Waals surface area contributed by atoms with E-state index < -0.39 is 0 Å². The first-order valence-corrected chi connectivity index (χ1v) is 7.93. The maximum absolute atomic E-state index is 13.6. The van der Waals surface area contributed by atoms with E-state index >= 15 is 0 Å². The summed E-state index contributed by atoms with van der Waals surface area (Å²) >= 11 is 0. The highest BCUT2D eigenvalue weighted by atomic mass is 19.1.